The van der Waals surface area contributed by atoms with Crippen molar-refractivity contribution in [1.82, 2.24) is 0 Å². The third-order valence-corrected chi connectivity index (χ3v) is 2.67. The molecule has 0 spiro atoms. The minimum atomic E-state index is -1.51. The summed E-state index contributed by atoms with van der Waals surface area (Å²) in [7, 11) is 0.0330. The van der Waals surface area contributed by atoms with E-state index in [4.69, 9.17) is 24.3 Å². The van der Waals surface area contributed by atoms with Gasteiger partial charge in [0, 0.05) is 6.42 Å². The maximum Gasteiger partial charge on any atom is 0.488 e. The van der Waals surface area contributed by atoms with Crippen LogP contribution in [0.5, 0.6) is 11.5 Å². The zero-order chi connectivity index (χ0) is 12.3. The van der Waals surface area contributed by atoms with Crippen LogP contribution in [0.3, 0.4) is 0 Å². The van der Waals surface area contributed by atoms with Gasteiger partial charge >= 0.3 is 7.12 Å². The molecule has 6 heteroatoms. The van der Waals surface area contributed by atoms with Crippen molar-refractivity contribution >= 4 is 12.6 Å². The van der Waals surface area contributed by atoms with Crippen molar-refractivity contribution in [2.75, 3.05) is 20.3 Å². The quantitative estimate of drug-likeness (QED) is 0.695. The lowest BCUT2D eigenvalue weighted by Crippen LogP contribution is -2.30. The van der Waals surface area contributed by atoms with Crippen molar-refractivity contribution in [2.24, 2.45) is 0 Å². The smallest absolute Gasteiger partial charge is 0.488 e. The molecule has 0 aromatic heterocycles. The molecule has 1 atom stereocenters. The zero-order valence-corrected chi connectivity index (χ0v) is 9.63. The van der Waals surface area contributed by atoms with Crippen molar-refractivity contribution < 1.29 is 24.3 Å². The van der Waals surface area contributed by atoms with Crippen LogP contribution in [0.4, 0.5) is 0 Å². The molecule has 1 aromatic rings. The molecule has 92 valence electrons. The Hall–Kier alpha value is -1.24. The van der Waals surface area contributed by atoms with E-state index in [1.807, 2.05) is 0 Å². The van der Waals surface area contributed by atoms with E-state index < -0.39 is 7.12 Å². The monoisotopic (exact) mass is 238 g/mol. The Balaban J connectivity index is 2.19. The highest BCUT2D eigenvalue weighted by atomic mass is 16.6. The van der Waals surface area contributed by atoms with Gasteiger partial charge in [-0.25, -0.2) is 0 Å². The molecule has 1 aliphatic rings. The van der Waals surface area contributed by atoms with Gasteiger partial charge in [-0.2, -0.15) is 0 Å². The Morgan fingerprint density at radius 1 is 1.35 bits per heavy atom. The standard InChI is InChI=1S/C11H15BO5/c1-15-10-3-2-8(12(13)14)6-11(10)17-9-4-5-16-7-9/h2-3,6,9,13-14H,4-5,7H2,1H3/t9-/m0/s1. The van der Waals surface area contributed by atoms with Crippen LogP contribution < -0.4 is 14.9 Å². The first-order valence-electron chi connectivity index (χ1n) is 5.49. The molecule has 0 unspecified atom stereocenters. The molecule has 17 heavy (non-hydrogen) atoms. The van der Waals surface area contributed by atoms with E-state index in [9.17, 15) is 0 Å². The summed E-state index contributed by atoms with van der Waals surface area (Å²) in [6, 6.07) is 4.81. The predicted molar refractivity (Wildman–Crippen MR) is 62.7 cm³/mol. The highest BCUT2D eigenvalue weighted by Crippen LogP contribution is 2.27. The van der Waals surface area contributed by atoms with Crippen LogP contribution in [0.2, 0.25) is 0 Å². The average Bonchev–Trinajstić information content (AvgIpc) is 2.81. The lowest BCUT2D eigenvalue weighted by molar-refractivity contribution is 0.139. The Kier molecular flexibility index (Phi) is 3.88. The summed E-state index contributed by atoms with van der Waals surface area (Å²) in [5, 5.41) is 18.2. The molecule has 2 N–H and O–H groups in total. The molecule has 0 amide bonds. The summed E-state index contributed by atoms with van der Waals surface area (Å²) >= 11 is 0. The van der Waals surface area contributed by atoms with Crippen molar-refractivity contribution in [1.29, 1.82) is 0 Å². The average molecular weight is 238 g/mol. The Morgan fingerprint density at radius 3 is 2.76 bits per heavy atom. The highest BCUT2D eigenvalue weighted by Gasteiger charge is 2.20. The summed E-state index contributed by atoms with van der Waals surface area (Å²) in [5.41, 5.74) is 0.375. The fourth-order valence-corrected chi connectivity index (χ4v) is 1.73. The lowest BCUT2D eigenvalue weighted by atomic mass is 9.80. The highest BCUT2D eigenvalue weighted by molar-refractivity contribution is 6.58. The van der Waals surface area contributed by atoms with Gasteiger partial charge < -0.3 is 24.3 Å². The molecule has 0 radical (unpaired) electrons. The number of hydrogen-bond donors (Lipinski definition) is 2. The minimum Gasteiger partial charge on any atom is -0.493 e. The molecule has 0 aliphatic carbocycles. The summed E-state index contributed by atoms with van der Waals surface area (Å²) in [6.45, 7) is 1.24. The molecule has 1 fully saturated rings. The summed E-state index contributed by atoms with van der Waals surface area (Å²) in [5.74, 6) is 1.08. The van der Waals surface area contributed by atoms with Gasteiger partial charge in [0.15, 0.2) is 11.5 Å². The van der Waals surface area contributed by atoms with Crippen LogP contribution >= 0.6 is 0 Å². The lowest BCUT2D eigenvalue weighted by Gasteiger charge is -2.15. The van der Waals surface area contributed by atoms with E-state index in [1.165, 1.54) is 0 Å². The third kappa shape index (κ3) is 2.91. The van der Waals surface area contributed by atoms with Crippen LogP contribution in [-0.4, -0.2) is 43.6 Å². The molecular formula is C11H15BO5. The molecule has 0 saturated carbocycles. The van der Waals surface area contributed by atoms with Gasteiger partial charge in [-0.05, 0) is 17.6 Å². The Labute approximate surface area is 100 Å². The fourth-order valence-electron chi connectivity index (χ4n) is 1.73. The van der Waals surface area contributed by atoms with Crippen LogP contribution in [0.25, 0.3) is 0 Å². The van der Waals surface area contributed by atoms with E-state index in [0.717, 1.165) is 6.42 Å². The predicted octanol–water partition coefficient (Wildman–Crippen LogP) is -0.457. The van der Waals surface area contributed by atoms with Crippen molar-refractivity contribution in [2.45, 2.75) is 12.5 Å². The Bertz CT molecular complexity index is 376. The van der Waals surface area contributed by atoms with Gasteiger partial charge in [-0.1, -0.05) is 6.07 Å². The third-order valence-electron chi connectivity index (χ3n) is 2.67. The van der Waals surface area contributed by atoms with Gasteiger partial charge in [0.05, 0.1) is 20.3 Å². The van der Waals surface area contributed by atoms with E-state index in [0.29, 0.717) is 30.2 Å². The maximum absolute atomic E-state index is 9.11. The largest absolute Gasteiger partial charge is 0.493 e. The molecule has 1 aromatic carbocycles. The maximum atomic E-state index is 9.11. The normalized spacial score (nSPS) is 19.1. The van der Waals surface area contributed by atoms with Crippen LogP contribution in [0, 0.1) is 0 Å². The van der Waals surface area contributed by atoms with Gasteiger partial charge in [-0.3, -0.25) is 0 Å². The molecule has 5 nitrogen and oxygen atoms in total. The first-order chi connectivity index (χ1) is 8.20. The number of rotatable bonds is 4. The SMILES string of the molecule is COc1ccc(B(O)O)cc1O[C@H]1CCOC1. The van der Waals surface area contributed by atoms with Gasteiger partial charge in [-0.15, -0.1) is 0 Å². The second-order valence-electron chi connectivity index (χ2n) is 3.89. The van der Waals surface area contributed by atoms with Gasteiger partial charge in [0.1, 0.15) is 6.10 Å². The summed E-state index contributed by atoms with van der Waals surface area (Å²) in [6.07, 6.45) is 0.824. The van der Waals surface area contributed by atoms with Crippen molar-refractivity contribution in [3.63, 3.8) is 0 Å². The summed E-state index contributed by atoms with van der Waals surface area (Å²) in [4.78, 5) is 0. The van der Waals surface area contributed by atoms with Crippen LogP contribution in [-0.2, 0) is 4.74 Å². The molecule has 2 rings (SSSR count). The number of hydrogen-bond acceptors (Lipinski definition) is 5. The van der Waals surface area contributed by atoms with Gasteiger partial charge in [0.2, 0.25) is 0 Å². The number of methoxy groups -OCH3 is 1. The van der Waals surface area contributed by atoms with Crippen molar-refractivity contribution in [3.05, 3.63) is 18.2 Å². The van der Waals surface area contributed by atoms with Gasteiger partial charge in [0.25, 0.3) is 0 Å². The second kappa shape index (κ2) is 5.40. The van der Waals surface area contributed by atoms with E-state index in [1.54, 1.807) is 25.3 Å². The number of benzene rings is 1. The number of ether oxygens (including phenoxy) is 3. The second-order valence-corrected chi connectivity index (χ2v) is 3.89. The Morgan fingerprint density at radius 2 is 2.18 bits per heavy atom. The van der Waals surface area contributed by atoms with Crippen LogP contribution in [0.15, 0.2) is 18.2 Å². The van der Waals surface area contributed by atoms with E-state index >= 15 is 0 Å². The van der Waals surface area contributed by atoms with E-state index in [2.05, 4.69) is 0 Å². The molecule has 1 aliphatic heterocycles. The van der Waals surface area contributed by atoms with Crippen LogP contribution in [0.1, 0.15) is 6.42 Å². The topological polar surface area (TPSA) is 68.2 Å². The molecular weight excluding hydrogens is 223 g/mol. The first kappa shape index (κ1) is 12.2. The molecule has 1 heterocycles. The zero-order valence-electron chi connectivity index (χ0n) is 9.63. The van der Waals surface area contributed by atoms with E-state index in [-0.39, 0.29) is 6.10 Å². The summed E-state index contributed by atoms with van der Waals surface area (Å²) < 4.78 is 16.1. The molecule has 1 saturated heterocycles. The molecule has 0 bridgehead atoms. The first-order valence-corrected chi connectivity index (χ1v) is 5.49. The van der Waals surface area contributed by atoms with Crippen molar-refractivity contribution in [3.8, 4) is 11.5 Å². The minimum absolute atomic E-state index is 0.00464. The fraction of sp³-hybridized carbons (Fsp3) is 0.455.